The number of fused-ring (bicyclic) bond motifs is 1. The normalized spacial score (nSPS) is 18.7. The van der Waals surface area contributed by atoms with Crippen molar-refractivity contribution < 1.29 is 13.2 Å². The van der Waals surface area contributed by atoms with E-state index in [4.69, 9.17) is 0 Å². The van der Waals surface area contributed by atoms with Crippen molar-refractivity contribution in [3.63, 3.8) is 0 Å². The number of hydrogen-bond acceptors (Lipinski definition) is 4. The number of rotatable bonds is 4. The average molecular weight is 433 g/mol. The van der Waals surface area contributed by atoms with Gasteiger partial charge in [-0.15, -0.1) is 11.3 Å². The largest absolute Gasteiger partial charge is 0.335 e. The zero-order chi connectivity index (χ0) is 20.3. The van der Waals surface area contributed by atoms with Gasteiger partial charge in [-0.3, -0.25) is 4.79 Å². The summed E-state index contributed by atoms with van der Waals surface area (Å²) < 4.78 is 27.0. The maximum Gasteiger partial charge on any atom is 0.264 e. The maximum atomic E-state index is 13.0. The average Bonchev–Trinajstić information content (AvgIpc) is 3.10. The van der Waals surface area contributed by atoms with Crippen LogP contribution in [-0.4, -0.2) is 49.7 Å². The number of sulfonamides is 1. The first-order valence-corrected chi connectivity index (χ1v) is 12.9. The lowest BCUT2D eigenvalue weighted by molar-refractivity contribution is 0.0702. The fourth-order valence-electron chi connectivity index (χ4n) is 4.15. The quantitative estimate of drug-likeness (QED) is 0.740. The van der Waals surface area contributed by atoms with E-state index >= 15 is 0 Å². The summed E-state index contributed by atoms with van der Waals surface area (Å²) in [5.41, 5.74) is 2.14. The number of benzene rings is 1. The second-order valence-corrected chi connectivity index (χ2v) is 11.0. The van der Waals surface area contributed by atoms with E-state index in [2.05, 4.69) is 6.07 Å². The summed E-state index contributed by atoms with van der Waals surface area (Å²) in [5, 5.41) is 0. The van der Waals surface area contributed by atoms with Gasteiger partial charge in [0.15, 0.2) is 0 Å². The van der Waals surface area contributed by atoms with Crippen LogP contribution in [0.1, 0.15) is 51.4 Å². The van der Waals surface area contributed by atoms with Gasteiger partial charge in [0.2, 0.25) is 10.0 Å². The van der Waals surface area contributed by atoms with Gasteiger partial charge < -0.3 is 4.90 Å². The Labute approximate surface area is 177 Å². The lowest BCUT2D eigenvalue weighted by atomic mass is 10.00. The second-order valence-electron chi connectivity index (χ2n) is 7.91. The Balaban J connectivity index is 1.38. The van der Waals surface area contributed by atoms with Gasteiger partial charge in [-0.2, -0.15) is 4.31 Å². The van der Waals surface area contributed by atoms with Crippen molar-refractivity contribution in [2.45, 2.75) is 44.3 Å². The number of aryl methyl sites for hydroxylation is 2. The SMILES string of the molecule is O=C(c1cc2c(s1)CCCCCC2)N1CCN(S(=O)(=O)Cc2ccccc2)CC1. The van der Waals surface area contributed by atoms with Gasteiger partial charge in [0.25, 0.3) is 5.91 Å². The van der Waals surface area contributed by atoms with Crippen molar-refractivity contribution in [3.05, 3.63) is 57.3 Å². The number of hydrogen-bond donors (Lipinski definition) is 0. The van der Waals surface area contributed by atoms with E-state index in [0.717, 1.165) is 23.3 Å². The third-order valence-electron chi connectivity index (χ3n) is 5.82. The van der Waals surface area contributed by atoms with E-state index < -0.39 is 10.0 Å². The third-order valence-corrected chi connectivity index (χ3v) is 8.89. The Hall–Kier alpha value is -1.70. The molecule has 2 aromatic rings. The molecule has 7 heteroatoms. The molecule has 1 aliphatic heterocycles. The van der Waals surface area contributed by atoms with Crippen LogP contribution in [-0.2, 0) is 28.6 Å². The molecule has 2 aliphatic rings. The van der Waals surface area contributed by atoms with E-state index in [1.165, 1.54) is 40.4 Å². The van der Waals surface area contributed by atoms with E-state index in [-0.39, 0.29) is 11.7 Å². The summed E-state index contributed by atoms with van der Waals surface area (Å²) in [6.07, 6.45) is 7.12. The van der Waals surface area contributed by atoms with Crippen LogP contribution in [0.2, 0.25) is 0 Å². The topological polar surface area (TPSA) is 57.7 Å². The fourth-order valence-corrected chi connectivity index (χ4v) is 6.89. The van der Waals surface area contributed by atoms with Crippen LogP contribution in [0.5, 0.6) is 0 Å². The molecular formula is C22H28N2O3S2. The summed E-state index contributed by atoms with van der Waals surface area (Å²) >= 11 is 1.64. The maximum absolute atomic E-state index is 13.0. The van der Waals surface area contributed by atoms with E-state index in [1.807, 2.05) is 35.2 Å². The minimum Gasteiger partial charge on any atom is -0.335 e. The molecule has 0 bridgehead atoms. The highest BCUT2D eigenvalue weighted by Crippen LogP contribution is 2.29. The molecular weight excluding hydrogens is 404 g/mol. The standard InChI is InChI=1S/C22H28N2O3S2/c25-22(21-16-19-10-6-1-2-7-11-20(19)28-21)23-12-14-24(15-13-23)29(26,27)17-18-8-4-3-5-9-18/h3-5,8-9,16H,1-2,6-7,10-15,17H2. The van der Waals surface area contributed by atoms with Gasteiger partial charge in [-0.25, -0.2) is 8.42 Å². The summed E-state index contributed by atoms with van der Waals surface area (Å²) in [6, 6.07) is 11.3. The van der Waals surface area contributed by atoms with Crippen LogP contribution >= 0.6 is 11.3 Å². The number of carbonyl (C=O) groups is 1. The Kier molecular flexibility index (Phi) is 6.37. The van der Waals surface area contributed by atoms with Crippen LogP contribution in [0.4, 0.5) is 0 Å². The van der Waals surface area contributed by atoms with Crippen LogP contribution in [0.25, 0.3) is 0 Å². The molecule has 4 rings (SSSR count). The molecule has 0 radical (unpaired) electrons. The van der Waals surface area contributed by atoms with Crippen molar-refractivity contribution in [3.8, 4) is 0 Å². The Morgan fingerprint density at radius 2 is 1.62 bits per heavy atom. The monoisotopic (exact) mass is 432 g/mol. The van der Waals surface area contributed by atoms with Gasteiger partial charge in [-0.1, -0.05) is 43.2 Å². The number of piperazine rings is 1. The van der Waals surface area contributed by atoms with E-state index in [0.29, 0.717) is 26.2 Å². The molecule has 0 spiro atoms. The molecule has 1 aliphatic carbocycles. The Morgan fingerprint density at radius 1 is 0.931 bits per heavy atom. The lowest BCUT2D eigenvalue weighted by Gasteiger charge is -2.33. The fraction of sp³-hybridized carbons (Fsp3) is 0.500. The molecule has 2 heterocycles. The first kappa shape index (κ1) is 20.6. The third kappa shape index (κ3) is 4.90. The zero-order valence-corrected chi connectivity index (χ0v) is 18.3. The molecule has 1 saturated heterocycles. The molecule has 29 heavy (non-hydrogen) atoms. The number of nitrogens with zero attached hydrogens (tertiary/aromatic N) is 2. The minimum atomic E-state index is -3.36. The van der Waals surface area contributed by atoms with E-state index in [9.17, 15) is 13.2 Å². The molecule has 1 aromatic carbocycles. The van der Waals surface area contributed by atoms with Crippen LogP contribution in [0.15, 0.2) is 36.4 Å². The number of carbonyl (C=O) groups excluding carboxylic acids is 1. The van der Waals surface area contributed by atoms with Gasteiger partial charge in [0.1, 0.15) is 0 Å². The zero-order valence-electron chi connectivity index (χ0n) is 16.7. The second kappa shape index (κ2) is 8.98. The molecule has 1 aromatic heterocycles. The Morgan fingerprint density at radius 3 is 2.34 bits per heavy atom. The van der Waals surface area contributed by atoms with Gasteiger partial charge in [-0.05, 0) is 42.9 Å². The summed E-state index contributed by atoms with van der Waals surface area (Å²) in [7, 11) is -3.36. The van der Waals surface area contributed by atoms with Gasteiger partial charge in [0, 0.05) is 31.1 Å². The molecule has 0 unspecified atom stereocenters. The molecule has 1 amide bonds. The van der Waals surface area contributed by atoms with Gasteiger partial charge in [0.05, 0.1) is 10.6 Å². The lowest BCUT2D eigenvalue weighted by Crippen LogP contribution is -2.50. The van der Waals surface area contributed by atoms with Crippen LogP contribution in [0.3, 0.4) is 0 Å². The number of thiophene rings is 1. The smallest absolute Gasteiger partial charge is 0.264 e. The first-order chi connectivity index (χ1) is 14.0. The summed E-state index contributed by atoms with van der Waals surface area (Å²) in [6.45, 7) is 1.64. The summed E-state index contributed by atoms with van der Waals surface area (Å²) in [5.74, 6) is 0.0706. The van der Waals surface area contributed by atoms with Crippen molar-refractivity contribution in [2.24, 2.45) is 0 Å². The highest BCUT2D eigenvalue weighted by molar-refractivity contribution is 7.88. The van der Waals surface area contributed by atoms with Crippen molar-refractivity contribution in [2.75, 3.05) is 26.2 Å². The van der Waals surface area contributed by atoms with E-state index in [1.54, 1.807) is 11.3 Å². The van der Waals surface area contributed by atoms with Crippen molar-refractivity contribution >= 4 is 27.3 Å². The molecule has 0 atom stereocenters. The molecule has 5 nitrogen and oxygen atoms in total. The van der Waals surface area contributed by atoms with Crippen LogP contribution < -0.4 is 0 Å². The van der Waals surface area contributed by atoms with Gasteiger partial charge >= 0.3 is 0 Å². The minimum absolute atomic E-state index is 0.0133. The van der Waals surface area contributed by atoms with Crippen molar-refractivity contribution in [1.29, 1.82) is 0 Å². The molecule has 156 valence electrons. The predicted octanol–water partition coefficient (Wildman–Crippen LogP) is 3.69. The van der Waals surface area contributed by atoms with Crippen molar-refractivity contribution in [1.82, 2.24) is 9.21 Å². The summed E-state index contributed by atoms with van der Waals surface area (Å²) in [4.78, 5) is 17.0. The molecule has 0 saturated carbocycles. The molecule has 0 N–H and O–H groups in total. The first-order valence-electron chi connectivity index (χ1n) is 10.5. The highest BCUT2D eigenvalue weighted by atomic mass is 32.2. The van der Waals surface area contributed by atoms with Crippen LogP contribution in [0, 0.1) is 0 Å². The molecule has 1 fully saturated rings. The number of amides is 1. The Bertz CT molecular complexity index is 920. The highest BCUT2D eigenvalue weighted by Gasteiger charge is 2.30. The predicted molar refractivity (Wildman–Crippen MR) is 117 cm³/mol.